The summed E-state index contributed by atoms with van der Waals surface area (Å²) in [6.07, 6.45) is 2.57. The maximum absolute atomic E-state index is 4.43. The van der Waals surface area contributed by atoms with Crippen molar-refractivity contribution in [1.29, 1.82) is 0 Å². The van der Waals surface area contributed by atoms with Gasteiger partial charge in [0.25, 0.3) is 0 Å². The second kappa shape index (κ2) is 5.95. The second-order valence-electron chi connectivity index (χ2n) is 7.70. The van der Waals surface area contributed by atoms with E-state index in [1.807, 2.05) is 0 Å². The number of anilines is 2. The third-order valence-electron chi connectivity index (χ3n) is 4.65. The molecule has 2 aromatic heterocycles. The van der Waals surface area contributed by atoms with Gasteiger partial charge in [-0.3, -0.25) is 0 Å². The minimum atomic E-state index is 0.0430. The van der Waals surface area contributed by atoms with Gasteiger partial charge in [-0.1, -0.05) is 32.1 Å². The monoisotopic (exact) mass is 344 g/mol. The standard InChI is InChI=1S/C17H24N6S/c1-17(2,3)13-6-7-14(19-18-13)22-8-10-23(11-9-22)16-21-20-15(24-16)12-4-5-12/h6-7,12H,4-5,8-11H2,1-3H3. The summed E-state index contributed by atoms with van der Waals surface area (Å²) in [6, 6.07) is 4.20. The van der Waals surface area contributed by atoms with Crippen LogP contribution in [0.2, 0.25) is 0 Å². The van der Waals surface area contributed by atoms with E-state index < -0.39 is 0 Å². The molecule has 0 radical (unpaired) electrons. The van der Waals surface area contributed by atoms with E-state index in [2.05, 4.69) is 63.1 Å². The fourth-order valence-corrected chi connectivity index (χ4v) is 3.93. The maximum Gasteiger partial charge on any atom is 0.208 e. The van der Waals surface area contributed by atoms with E-state index >= 15 is 0 Å². The molecule has 0 unspecified atom stereocenters. The summed E-state index contributed by atoms with van der Waals surface area (Å²) in [7, 11) is 0. The summed E-state index contributed by atoms with van der Waals surface area (Å²) in [5.41, 5.74) is 1.08. The van der Waals surface area contributed by atoms with E-state index in [9.17, 15) is 0 Å². The summed E-state index contributed by atoms with van der Waals surface area (Å²) in [4.78, 5) is 4.65. The Kier molecular flexibility index (Phi) is 3.90. The molecule has 24 heavy (non-hydrogen) atoms. The lowest BCUT2D eigenvalue weighted by molar-refractivity contribution is 0.556. The van der Waals surface area contributed by atoms with Gasteiger partial charge in [-0.2, -0.15) is 5.10 Å². The molecule has 1 aliphatic heterocycles. The predicted octanol–water partition coefficient (Wildman–Crippen LogP) is 2.83. The van der Waals surface area contributed by atoms with Gasteiger partial charge in [0.2, 0.25) is 5.13 Å². The van der Waals surface area contributed by atoms with Crippen LogP contribution in [0.1, 0.15) is 50.2 Å². The smallest absolute Gasteiger partial charge is 0.208 e. The molecule has 2 fully saturated rings. The van der Waals surface area contributed by atoms with Crippen LogP contribution in [0.25, 0.3) is 0 Å². The SMILES string of the molecule is CC(C)(C)c1ccc(N2CCN(c3nnc(C4CC4)s3)CC2)nn1. The van der Waals surface area contributed by atoms with Crippen molar-refractivity contribution in [3.05, 3.63) is 22.8 Å². The van der Waals surface area contributed by atoms with Crippen LogP contribution in [0.4, 0.5) is 10.9 Å². The molecule has 7 heteroatoms. The molecule has 0 aromatic carbocycles. The highest BCUT2D eigenvalue weighted by Gasteiger charge is 2.29. The Labute approximate surface area is 146 Å². The van der Waals surface area contributed by atoms with Gasteiger partial charge in [-0.25, -0.2) is 0 Å². The molecule has 0 atom stereocenters. The Bertz CT molecular complexity index is 693. The Balaban J connectivity index is 1.38. The molecule has 1 aliphatic carbocycles. The third kappa shape index (κ3) is 3.22. The summed E-state index contributed by atoms with van der Waals surface area (Å²) >= 11 is 1.77. The zero-order chi connectivity index (χ0) is 16.7. The quantitative estimate of drug-likeness (QED) is 0.853. The van der Waals surface area contributed by atoms with E-state index in [1.165, 1.54) is 17.8 Å². The number of rotatable bonds is 3. The first kappa shape index (κ1) is 15.7. The van der Waals surface area contributed by atoms with Crippen molar-refractivity contribution < 1.29 is 0 Å². The fourth-order valence-electron chi connectivity index (χ4n) is 2.87. The highest BCUT2D eigenvalue weighted by atomic mass is 32.1. The van der Waals surface area contributed by atoms with Gasteiger partial charge in [-0.15, -0.1) is 15.3 Å². The Morgan fingerprint density at radius 1 is 0.917 bits per heavy atom. The van der Waals surface area contributed by atoms with E-state index in [1.54, 1.807) is 11.3 Å². The molecule has 1 saturated heterocycles. The fraction of sp³-hybridized carbons (Fsp3) is 0.647. The van der Waals surface area contributed by atoms with Crippen molar-refractivity contribution >= 4 is 22.3 Å². The third-order valence-corrected chi connectivity index (χ3v) is 5.80. The molecule has 0 amide bonds. The Hall–Kier alpha value is -1.76. The highest BCUT2D eigenvalue weighted by Crippen LogP contribution is 2.42. The minimum Gasteiger partial charge on any atom is -0.352 e. The van der Waals surface area contributed by atoms with E-state index in [0.717, 1.165) is 42.8 Å². The van der Waals surface area contributed by atoms with Crippen molar-refractivity contribution in [3.63, 3.8) is 0 Å². The van der Waals surface area contributed by atoms with Gasteiger partial charge in [0.15, 0.2) is 5.82 Å². The maximum atomic E-state index is 4.43. The van der Waals surface area contributed by atoms with Crippen molar-refractivity contribution in [2.75, 3.05) is 36.0 Å². The number of hydrogen-bond donors (Lipinski definition) is 0. The molecule has 1 saturated carbocycles. The number of aromatic nitrogens is 4. The van der Waals surface area contributed by atoms with Crippen LogP contribution < -0.4 is 9.80 Å². The minimum absolute atomic E-state index is 0.0430. The van der Waals surface area contributed by atoms with Crippen LogP contribution >= 0.6 is 11.3 Å². The largest absolute Gasteiger partial charge is 0.352 e. The normalized spacial score (nSPS) is 19.0. The zero-order valence-corrected chi connectivity index (χ0v) is 15.4. The van der Waals surface area contributed by atoms with Gasteiger partial charge in [0, 0.05) is 37.5 Å². The highest BCUT2D eigenvalue weighted by molar-refractivity contribution is 7.15. The first-order valence-corrected chi connectivity index (χ1v) is 9.50. The van der Waals surface area contributed by atoms with Crippen LogP contribution in [0, 0.1) is 0 Å². The zero-order valence-electron chi connectivity index (χ0n) is 14.6. The summed E-state index contributed by atoms with van der Waals surface area (Å²) in [5, 5.41) is 19.9. The van der Waals surface area contributed by atoms with Gasteiger partial charge >= 0.3 is 0 Å². The molecule has 2 aromatic rings. The lowest BCUT2D eigenvalue weighted by Gasteiger charge is -2.34. The molecule has 4 rings (SSSR count). The van der Waals surface area contributed by atoms with Crippen LogP contribution in [0.3, 0.4) is 0 Å². The van der Waals surface area contributed by atoms with Crippen LogP contribution in [0.15, 0.2) is 12.1 Å². The van der Waals surface area contributed by atoms with Crippen molar-refractivity contribution in [2.24, 2.45) is 0 Å². The van der Waals surface area contributed by atoms with E-state index in [0.29, 0.717) is 5.92 Å². The molecule has 3 heterocycles. The molecular formula is C17H24N6S. The average Bonchev–Trinajstić information content (AvgIpc) is 3.32. The van der Waals surface area contributed by atoms with Crippen molar-refractivity contribution in [2.45, 2.75) is 44.9 Å². The molecule has 128 valence electrons. The van der Waals surface area contributed by atoms with Crippen molar-refractivity contribution in [3.8, 4) is 0 Å². The number of piperazine rings is 1. The van der Waals surface area contributed by atoms with Crippen LogP contribution in [-0.4, -0.2) is 46.6 Å². The second-order valence-corrected chi connectivity index (χ2v) is 8.69. The van der Waals surface area contributed by atoms with Gasteiger partial charge in [0.1, 0.15) is 5.01 Å². The first-order chi connectivity index (χ1) is 11.5. The molecule has 0 spiro atoms. The van der Waals surface area contributed by atoms with Gasteiger partial charge in [-0.05, 0) is 25.0 Å². The van der Waals surface area contributed by atoms with Crippen LogP contribution in [-0.2, 0) is 5.41 Å². The van der Waals surface area contributed by atoms with E-state index in [-0.39, 0.29) is 5.41 Å². The predicted molar refractivity (Wildman–Crippen MR) is 97.0 cm³/mol. The molecule has 6 nitrogen and oxygen atoms in total. The van der Waals surface area contributed by atoms with Gasteiger partial charge < -0.3 is 9.80 Å². The van der Waals surface area contributed by atoms with Gasteiger partial charge in [0.05, 0.1) is 5.69 Å². The molecule has 0 N–H and O–H groups in total. The van der Waals surface area contributed by atoms with Crippen molar-refractivity contribution in [1.82, 2.24) is 20.4 Å². The topological polar surface area (TPSA) is 58.0 Å². The number of hydrogen-bond acceptors (Lipinski definition) is 7. The summed E-state index contributed by atoms with van der Waals surface area (Å²) < 4.78 is 0. The first-order valence-electron chi connectivity index (χ1n) is 8.68. The average molecular weight is 344 g/mol. The van der Waals surface area contributed by atoms with E-state index in [4.69, 9.17) is 0 Å². The lowest BCUT2D eigenvalue weighted by Crippen LogP contribution is -2.47. The summed E-state index contributed by atoms with van der Waals surface area (Å²) in [5.74, 6) is 1.66. The lowest BCUT2D eigenvalue weighted by atomic mass is 9.92. The molecular weight excluding hydrogens is 320 g/mol. The molecule has 0 bridgehead atoms. The Morgan fingerprint density at radius 3 is 2.21 bits per heavy atom. The molecule has 2 aliphatic rings. The number of nitrogens with zero attached hydrogens (tertiary/aromatic N) is 6. The Morgan fingerprint density at radius 2 is 1.62 bits per heavy atom. The van der Waals surface area contributed by atoms with Crippen LogP contribution in [0.5, 0.6) is 0 Å². The summed E-state index contributed by atoms with van der Waals surface area (Å²) in [6.45, 7) is 10.3.